The van der Waals surface area contributed by atoms with Crippen LogP contribution in [0, 0.1) is 5.92 Å². The first-order valence-electron chi connectivity index (χ1n) is 7.03. The van der Waals surface area contributed by atoms with E-state index in [1.165, 1.54) is 0 Å². The molecule has 0 bridgehead atoms. The molecule has 20 heavy (non-hydrogen) atoms. The lowest BCUT2D eigenvalue weighted by Gasteiger charge is -2.25. The van der Waals surface area contributed by atoms with Crippen LogP contribution in [0.25, 0.3) is 0 Å². The monoisotopic (exact) mass is 314 g/mol. The molecule has 1 fully saturated rings. The molecule has 0 radical (unpaired) electrons. The van der Waals surface area contributed by atoms with Crippen molar-refractivity contribution in [2.75, 3.05) is 6.54 Å². The number of amides is 1. The first-order valence-corrected chi connectivity index (χ1v) is 7.79. The van der Waals surface area contributed by atoms with Crippen LogP contribution in [-0.2, 0) is 11.2 Å². The number of hydrogen-bond acceptors (Lipinski definition) is 2. The Hall–Kier alpha value is -0.770. The van der Waals surface area contributed by atoms with Gasteiger partial charge in [-0.2, -0.15) is 0 Å². The molecule has 0 unspecified atom stereocenters. The van der Waals surface area contributed by atoms with Gasteiger partial charge in [-0.25, -0.2) is 0 Å². The van der Waals surface area contributed by atoms with Gasteiger partial charge in [0.2, 0.25) is 5.91 Å². The van der Waals surface area contributed by atoms with E-state index in [9.17, 15) is 4.79 Å². The average Bonchev–Trinajstić information content (AvgIpc) is 2.42. The van der Waals surface area contributed by atoms with Crippen LogP contribution in [-0.4, -0.2) is 18.5 Å². The number of benzene rings is 1. The Morgan fingerprint density at radius 3 is 2.60 bits per heavy atom. The van der Waals surface area contributed by atoms with E-state index in [1.807, 2.05) is 12.1 Å². The van der Waals surface area contributed by atoms with Crippen LogP contribution >= 0.6 is 23.2 Å². The zero-order valence-electron chi connectivity index (χ0n) is 11.4. The lowest BCUT2D eigenvalue weighted by molar-refractivity contribution is -0.125. The van der Waals surface area contributed by atoms with E-state index in [4.69, 9.17) is 28.9 Å². The Kier molecular flexibility index (Phi) is 5.70. The summed E-state index contributed by atoms with van der Waals surface area (Å²) < 4.78 is 0. The first kappa shape index (κ1) is 15.6. The number of halogens is 2. The second kappa shape index (κ2) is 7.30. The van der Waals surface area contributed by atoms with E-state index in [-0.39, 0.29) is 17.9 Å². The topological polar surface area (TPSA) is 55.1 Å². The standard InChI is InChI=1S/C15H20Cl2N2O/c16-12-4-1-10(14(17)9-12)7-8-19-15(20)11-2-5-13(18)6-3-11/h1,4,9,11,13H,2-3,5-8,18H2,(H,19,20). The minimum atomic E-state index is 0.121. The van der Waals surface area contributed by atoms with Gasteiger partial charge in [0.25, 0.3) is 0 Å². The lowest BCUT2D eigenvalue weighted by Crippen LogP contribution is -2.37. The molecule has 0 saturated heterocycles. The summed E-state index contributed by atoms with van der Waals surface area (Å²) in [5.74, 6) is 0.262. The third-order valence-corrected chi connectivity index (χ3v) is 4.44. The summed E-state index contributed by atoms with van der Waals surface area (Å²) in [5, 5.41) is 4.26. The van der Waals surface area contributed by atoms with Gasteiger partial charge < -0.3 is 11.1 Å². The highest BCUT2D eigenvalue weighted by molar-refractivity contribution is 6.35. The summed E-state index contributed by atoms with van der Waals surface area (Å²) >= 11 is 11.9. The highest BCUT2D eigenvalue weighted by Crippen LogP contribution is 2.23. The van der Waals surface area contributed by atoms with Crippen molar-refractivity contribution in [3.8, 4) is 0 Å². The molecule has 1 aliphatic carbocycles. The second-order valence-electron chi connectivity index (χ2n) is 5.39. The smallest absolute Gasteiger partial charge is 0.223 e. The van der Waals surface area contributed by atoms with Gasteiger partial charge in [-0.1, -0.05) is 29.3 Å². The van der Waals surface area contributed by atoms with Crippen LogP contribution in [0.3, 0.4) is 0 Å². The van der Waals surface area contributed by atoms with E-state index in [2.05, 4.69) is 5.32 Å². The Labute approximate surface area is 129 Å². The lowest BCUT2D eigenvalue weighted by atomic mass is 9.86. The minimum Gasteiger partial charge on any atom is -0.356 e. The summed E-state index contributed by atoms with van der Waals surface area (Å²) in [7, 11) is 0. The molecule has 1 aromatic rings. The Morgan fingerprint density at radius 1 is 1.25 bits per heavy atom. The zero-order chi connectivity index (χ0) is 14.5. The Balaban J connectivity index is 1.76. The largest absolute Gasteiger partial charge is 0.356 e. The average molecular weight is 315 g/mol. The fourth-order valence-electron chi connectivity index (χ4n) is 2.57. The summed E-state index contributed by atoms with van der Waals surface area (Å²) in [6, 6.07) is 5.71. The van der Waals surface area contributed by atoms with Gasteiger partial charge in [0, 0.05) is 28.5 Å². The zero-order valence-corrected chi connectivity index (χ0v) is 12.9. The molecule has 1 aliphatic rings. The molecule has 0 aliphatic heterocycles. The number of hydrogen-bond donors (Lipinski definition) is 2. The van der Waals surface area contributed by atoms with Gasteiger partial charge in [0.1, 0.15) is 0 Å². The first-order chi connectivity index (χ1) is 9.56. The minimum absolute atomic E-state index is 0.121. The molecule has 0 spiro atoms. The molecular formula is C15H20Cl2N2O. The van der Waals surface area contributed by atoms with Crippen molar-refractivity contribution in [1.29, 1.82) is 0 Å². The molecule has 3 nitrogen and oxygen atoms in total. The van der Waals surface area contributed by atoms with Crippen LogP contribution in [0.4, 0.5) is 0 Å². The van der Waals surface area contributed by atoms with Crippen LogP contribution in [0.2, 0.25) is 10.0 Å². The summed E-state index contributed by atoms with van der Waals surface area (Å²) in [5.41, 5.74) is 6.85. The molecule has 2 rings (SSSR count). The van der Waals surface area contributed by atoms with Crippen LogP contribution in [0.15, 0.2) is 18.2 Å². The van der Waals surface area contributed by atoms with Crippen LogP contribution in [0.1, 0.15) is 31.2 Å². The normalized spacial score (nSPS) is 22.6. The van der Waals surface area contributed by atoms with Gasteiger partial charge in [-0.3, -0.25) is 4.79 Å². The van der Waals surface area contributed by atoms with E-state index in [0.29, 0.717) is 23.0 Å². The predicted octanol–water partition coefficient (Wildman–Crippen LogP) is 3.17. The van der Waals surface area contributed by atoms with Crippen molar-refractivity contribution in [3.63, 3.8) is 0 Å². The van der Waals surface area contributed by atoms with E-state index in [1.54, 1.807) is 6.07 Å². The molecule has 0 aromatic heterocycles. The highest BCUT2D eigenvalue weighted by Gasteiger charge is 2.24. The maximum Gasteiger partial charge on any atom is 0.223 e. The van der Waals surface area contributed by atoms with Crippen molar-refractivity contribution >= 4 is 29.1 Å². The summed E-state index contributed by atoms with van der Waals surface area (Å²) in [6.45, 7) is 0.600. The van der Waals surface area contributed by atoms with Crippen LogP contribution < -0.4 is 11.1 Å². The maximum absolute atomic E-state index is 12.0. The van der Waals surface area contributed by atoms with Crippen molar-refractivity contribution < 1.29 is 4.79 Å². The third kappa shape index (κ3) is 4.37. The number of rotatable bonds is 4. The van der Waals surface area contributed by atoms with Crippen LogP contribution in [0.5, 0.6) is 0 Å². The molecule has 0 heterocycles. The highest BCUT2D eigenvalue weighted by atomic mass is 35.5. The quantitative estimate of drug-likeness (QED) is 0.896. The SMILES string of the molecule is NC1CCC(C(=O)NCCc2ccc(Cl)cc2Cl)CC1. The van der Waals surface area contributed by atoms with Crippen molar-refractivity contribution in [2.24, 2.45) is 11.7 Å². The van der Waals surface area contributed by atoms with Gasteiger partial charge in [-0.05, 0) is 49.8 Å². The van der Waals surface area contributed by atoms with E-state index >= 15 is 0 Å². The van der Waals surface area contributed by atoms with Gasteiger partial charge in [0.15, 0.2) is 0 Å². The summed E-state index contributed by atoms with van der Waals surface area (Å²) in [4.78, 5) is 12.0. The van der Waals surface area contributed by atoms with E-state index in [0.717, 1.165) is 31.2 Å². The molecule has 0 atom stereocenters. The fraction of sp³-hybridized carbons (Fsp3) is 0.533. The van der Waals surface area contributed by atoms with E-state index < -0.39 is 0 Å². The Bertz CT molecular complexity index is 471. The van der Waals surface area contributed by atoms with Crippen molar-refractivity contribution in [1.82, 2.24) is 5.32 Å². The molecule has 1 aromatic carbocycles. The molecule has 3 N–H and O–H groups in total. The predicted molar refractivity (Wildman–Crippen MR) is 83.1 cm³/mol. The molecule has 110 valence electrons. The van der Waals surface area contributed by atoms with Crippen molar-refractivity contribution in [2.45, 2.75) is 38.1 Å². The van der Waals surface area contributed by atoms with Gasteiger partial charge in [-0.15, -0.1) is 0 Å². The molecule has 5 heteroatoms. The molecule has 1 saturated carbocycles. The van der Waals surface area contributed by atoms with Gasteiger partial charge >= 0.3 is 0 Å². The molecular weight excluding hydrogens is 295 g/mol. The fourth-order valence-corrected chi connectivity index (χ4v) is 3.07. The number of carbonyl (C=O) groups excluding carboxylic acids is 1. The van der Waals surface area contributed by atoms with Gasteiger partial charge in [0.05, 0.1) is 0 Å². The third-order valence-electron chi connectivity index (χ3n) is 3.85. The number of nitrogens with one attached hydrogen (secondary N) is 1. The number of carbonyl (C=O) groups is 1. The Morgan fingerprint density at radius 2 is 1.95 bits per heavy atom. The maximum atomic E-state index is 12.0. The molecule has 1 amide bonds. The number of nitrogens with two attached hydrogens (primary N) is 1. The van der Waals surface area contributed by atoms with Crippen molar-refractivity contribution in [3.05, 3.63) is 33.8 Å². The summed E-state index contributed by atoms with van der Waals surface area (Å²) in [6.07, 6.45) is 4.40. The second-order valence-corrected chi connectivity index (χ2v) is 6.23.